The van der Waals surface area contributed by atoms with Gasteiger partial charge in [-0.1, -0.05) is 23.5 Å². The number of pyridine rings is 2. The predicted molar refractivity (Wildman–Crippen MR) is 115 cm³/mol. The first-order valence-corrected chi connectivity index (χ1v) is 9.96. The van der Waals surface area contributed by atoms with E-state index in [4.69, 9.17) is 0 Å². The van der Waals surface area contributed by atoms with Gasteiger partial charge in [-0.05, 0) is 42.8 Å². The predicted octanol–water partition coefficient (Wildman–Crippen LogP) is 4.05. The number of hydrogen-bond acceptors (Lipinski definition) is 6. The van der Waals surface area contributed by atoms with E-state index in [9.17, 15) is 9.90 Å². The number of nitrogens with zero attached hydrogens (tertiary/aromatic N) is 3. The van der Waals surface area contributed by atoms with E-state index in [0.29, 0.717) is 17.4 Å². The number of fused-ring (bicyclic) bond motifs is 1. The van der Waals surface area contributed by atoms with Crippen LogP contribution in [0.5, 0.6) is 0 Å². The van der Waals surface area contributed by atoms with Gasteiger partial charge in [-0.3, -0.25) is 15.3 Å². The van der Waals surface area contributed by atoms with Crippen LogP contribution < -0.4 is 10.6 Å². The van der Waals surface area contributed by atoms with Crippen LogP contribution in [0.2, 0.25) is 0 Å². The van der Waals surface area contributed by atoms with Crippen molar-refractivity contribution in [1.29, 1.82) is 0 Å². The molecule has 4 rings (SSSR count). The van der Waals surface area contributed by atoms with Gasteiger partial charge in [0, 0.05) is 30.1 Å². The van der Waals surface area contributed by atoms with E-state index >= 15 is 0 Å². The van der Waals surface area contributed by atoms with E-state index in [1.54, 1.807) is 18.5 Å². The van der Waals surface area contributed by atoms with Crippen molar-refractivity contribution in [1.82, 2.24) is 20.3 Å². The Morgan fingerprint density at radius 1 is 1.14 bits per heavy atom. The first-order valence-electron chi connectivity index (χ1n) is 9.15. The highest BCUT2D eigenvalue weighted by molar-refractivity contribution is 7.22. The molecule has 0 bridgehead atoms. The zero-order valence-electron chi connectivity index (χ0n) is 15.7. The highest BCUT2D eigenvalue weighted by atomic mass is 32.1. The van der Waals surface area contributed by atoms with Crippen molar-refractivity contribution in [3.05, 3.63) is 60.6 Å². The molecule has 7 nitrogen and oxygen atoms in total. The van der Waals surface area contributed by atoms with Gasteiger partial charge in [0.25, 0.3) is 0 Å². The van der Waals surface area contributed by atoms with Crippen molar-refractivity contribution in [3.8, 4) is 22.4 Å². The molecule has 0 unspecified atom stereocenters. The normalized spacial score (nSPS) is 10.8. The summed E-state index contributed by atoms with van der Waals surface area (Å²) in [6, 6.07) is 13.2. The number of benzene rings is 1. The molecule has 0 saturated heterocycles. The second kappa shape index (κ2) is 8.34. The lowest BCUT2D eigenvalue weighted by molar-refractivity contribution is 0.252. The number of carbonyl (C=O) groups excluding carboxylic acids is 1. The minimum absolute atomic E-state index is 0.0978. The lowest BCUT2D eigenvalue weighted by atomic mass is 10.0. The molecule has 0 fully saturated rings. The van der Waals surface area contributed by atoms with Crippen LogP contribution in [-0.2, 0) is 6.61 Å². The Morgan fingerprint density at radius 2 is 2.03 bits per heavy atom. The molecule has 0 aliphatic heterocycles. The molecule has 0 atom stereocenters. The summed E-state index contributed by atoms with van der Waals surface area (Å²) in [7, 11) is 0. The summed E-state index contributed by atoms with van der Waals surface area (Å²) in [5, 5.41) is 15.2. The number of thiazole rings is 1. The number of urea groups is 1. The minimum Gasteiger partial charge on any atom is -0.390 e. The average Bonchev–Trinajstić information content (AvgIpc) is 3.16. The van der Waals surface area contributed by atoms with Crippen molar-refractivity contribution in [2.75, 3.05) is 11.9 Å². The minimum atomic E-state index is -0.282. The molecule has 0 radical (unpaired) electrons. The maximum absolute atomic E-state index is 11.9. The maximum atomic E-state index is 11.9. The van der Waals surface area contributed by atoms with E-state index < -0.39 is 0 Å². The summed E-state index contributed by atoms with van der Waals surface area (Å²) in [5.41, 5.74) is 4.99. The third-order valence-electron chi connectivity index (χ3n) is 4.31. The Hall–Kier alpha value is -3.36. The first kappa shape index (κ1) is 19.0. The highest BCUT2D eigenvalue weighted by Crippen LogP contribution is 2.38. The van der Waals surface area contributed by atoms with Gasteiger partial charge in [-0.15, -0.1) is 0 Å². The number of amides is 2. The third kappa shape index (κ3) is 4.08. The molecule has 3 N–H and O–H groups in total. The molecule has 146 valence electrons. The zero-order valence-corrected chi connectivity index (χ0v) is 16.5. The van der Waals surface area contributed by atoms with Crippen LogP contribution in [0.4, 0.5) is 9.93 Å². The van der Waals surface area contributed by atoms with Crippen molar-refractivity contribution in [2.24, 2.45) is 0 Å². The molecule has 3 aromatic heterocycles. The third-order valence-corrected chi connectivity index (χ3v) is 5.33. The summed E-state index contributed by atoms with van der Waals surface area (Å²) in [5.74, 6) is 0. The lowest BCUT2D eigenvalue weighted by Gasteiger charge is -2.07. The van der Waals surface area contributed by atoms with Crippen LogP contribution >= 0.6 is 11.3 Å². The topological polar surface area (TPSA) is 100 Å². The summed E-state index contributed by atoms with van der Waals surface area (Å²) >= 11 is 1.41. The van der Waals surface area contributed by atoms with Crippen LogP contribution in [0.25, 0.3) is 32.6 Å². The number of aromatic nitrogens is 3. The molecule has 0 saturated carbocycles. The second-order valence-corrected chi connectivity index (χ2v) is 7.29. The van der Waals surface area contributed by atoms with Gasteiger partial charge in [-0.2, -0.15) is 0 Å². The molecular formula is C21H19N5O2S. The molecule has 29 heavy (non-hydrogen) atoms. The quantitative estimate of drug-likeness (QED) is 0.465. The van der Waals surface area contributed by atoms with Gasteiger partial charge >= 0.3 is 6.03 Å². The number of anilines is 1. The Bertz CT molecular complexity index is 1140. The number of carbonyl (C=O) groups is 1. The molecule has 1 aromatic carbocycles. The Balaban J connectivity index is 1.84. The Labute approximate surface area is 171 Å². The molecule has 3 heterocycles. The van der Waals surface area contributed by atoms with E-state index in [2.05, 4.69) is 25.6 Å². The summed E-state index contributed by atoms with van der Waals surface area (Å²) < 4.78 is 0.944. The van der Waals surface area contributed by atoms with Crippen LogP contribution in [0.1, 0.15) is 12.6 Å². The van der Waals surface area contributed by atoms with Crippen molar-refractivity contribution < 1.29 is 9.90 Å². The Morgan fingerprint density at radius 3 is 2.72 bits per heavy atom. The van der Waals surface area contributed by atoms with E-state index in [-0.39, 0.29) is 12.6 Å². The fourth-order valence-electron chi connectivity index (χ4n) is 2.96. The summed E-state index contributed by atoms with van der Waals surface area (Å²) in [6.07, 6.45) is 3.48. The van der Waals surface area contributed by atoms with Crippen LogP contribution in [0.15, 0.2) is 54.9 Å². The monoisotopic (exact) mass is 405 g/mol. The smallest absolute Gasteiger partial charge is 0.321 e. The van der Waals surface area contributed by atoms with E-state index in [1.807, 2.05) is 43.3 Å². The average molecular weight is 405 g/mol. The van der Waals surface area contributed by atoms with Gasteiger partial charge in [0.05, 0.1) is 28.2 Å². The molecule has 4 aromatic rings. The van der Waals surface area contributed by atoms with Crippen LogP contribution in [0.3, 0.4) is 0 Å². The fourth-order valence-corrected chi connectivity index (χ4v) is 3.92. The molecule has 8 heteroatoms. The molecule has 0 aliphatic carbocycles. The highest BCUT2D eigenvalue weighted by Gasteiger charge is 2.15. The van der Waals surface area contributed by atoms with Gasteiger partial charge < -0.3 is 10.4 Å². The van der Waals surface area contributed by atoms with Crippen LogP contribution in [-0.4, -0.2) is 32.6 Å². The molecular weight excluding hydrogens is 386 g/mol. The molecule has 2 amide bonds. The maximum Gasteiger partial charge on any atom is 0.321 e. The molecule has 0 aliphatic rings. The van der Waals surface area contributed by atoms with Crippen molar-refractivity contribution in [2.45, 2.75) is 13.5 Å². The molecule has 0 spiro atoms. The second-order valence-electron chi connectivity index (χ2n) is 6.29. The lowest BCUT2D eigenvalue weighted by Crippen LogP contribution is -2.28. The number of rotatable bonds is 5. The SMILES string of the molecule is CCNC(=O)Nc1nc2cc(-c3ccc(CO)nc3)cc(-c3ccccn3)c2s1. The summed E-state index contributed by atoms with van der Waals surface area (Å²) in [4.78, 5) is 25.3. The van der Waals surface area contributed by atoms with Gasteiger partial charge in [0.15, 0.2) is 5.13 Å². The largest absolute Gasteiger partial charge is 0.390 e. The van der Waals surface area contributed by atoms with Gasteiger partial charge in [0.1, 0.15) is 0 Å². The van der Waals surface area contributed by atoms with E-state index in [0.717, 1.165) is 32.6 Å². The van der Waals surface area contributed by atoms with Crippen molar-refractivity contribution in [3.63, 3.8) is 0 Å². The summed E-state index contributed by atoms with van der Waals surface area (Å²) in [6.45, 7) is 2.30. The van der Waals surface area contributed by atoms with Gasteiger partial charge in [-0.25, -0.2) is 9.78 Å². The van der Waals surface area contributed by atoms with Crippen molar-refractivity contribution >= 4 is 32.7 Å². The standard InChI is InChI=1S/C21H19N5O2S/c1-2-22-20(28)26-21-25-18-10-14(13-6-7-15(12-27)24-11-13)9-16(19(18)29-21)17-5-3-4-8-23-17/h3-11,27H,2,12H2,1H3,(H2,22,25,26,28). The number of aliphatic hydroxyl groups is 1. The fraction of sp³-hybridized carbons (Fsp3) is 0.143. The number of nitrogens with one attached hydrogen (secondary N) is 2. The van der Waals surface area contributed by atoms with E-state index in [1.165, 1.54) is 11.3 Å². The zero-order chi connectivity index (χ0) is 20.2. The number of aliphatic hydroxyl groups excluding tert-OH is 1. The first-order chi connectivity index (χ1) is 14.2. The Kier molecular flexibility index (Phi) is 5.46. The number of hydrogen-bond donors (Lipinski definition) is 3. The van der Waals surface area contributed by atoms with Gasteiger partial charge in [0.2, 0.25) is 0 Å². The van der Waals surface area contributed by atoms with Crippen LogP contribution in [0, 0.1) is 0 Å².